The second kappa shape index (κ2) is 11.2. The molecule has 0 amide bonds. The van der Waals surface area contributed by atoms with Crippen molar-refractivity contribution in [3.8, 4) is 6.07 Å². The molecule has 0 aromatic heterocycles. The fraction of sp³-hybridized carbons (Fsp3) is 0.955. The molecule has 0 bridgehead atoms. The van der Waals surface area contributed by atoms with Crippen molar-refractivity contribution in [3.05, 3.63) is 0 Å². The first-order valence-corrected chi connectivity index (χ1v) is 10.7. The van der Waals surface area contributed by atoms with Crippen molar-refractivity contribution in [2.24, 2.45) is 23.2 Å². The molecule has 0 radical (unpaired) electrons. The minimum Gasteiger partial charge on any atom is -0.382 e. The average molecular weight is 350 g/mol. The molecule has 0 unspecified atom stereocenters. The van der Waals surface area contributed by atoms with Crippen LogP contribution in [0, 0.1) is 34.5 Å². The summed E-state index contributed by atoms with van der Waals surface area (Å²) in [5.74, 6) is 2.78. The van der Waals surface area contributed by atoms with E-state index in [1.54, 1.807) is 7.11 Å². The Labute approximate surface area is 155 Å². The van der Waals surface area contributed by atoms with Gasteiger partial charge in [0.2, 0.25) is 0 Å². The molecule has 0 atom stereocenters. The van der Waals surface area contributed by atoms with Crippen molar-refractivity contribution in [2.75, 3.05) is 26.9 Å². The van der Waals surface area contributed by atoms with E-state index in [-0.39, 0.29) is 5.41 Å². The summed E-state index contributed by atoms with van der Waals surface area (Å²) in [7, 11) is 1.69. The van der Waals surface area contributed by atoms with Crippen molar-refractivity contribution in [1.29, 1.82) is 5.26 Å². The lowest BCUT2D eigenvalue weighted by Crippen LogP contribution is -2.34. The van der Waals surface area contributed by atoms with Crippen LogP contribution in [-0.4, -0.2) is 26.9 Å². The van der Waals surface area contributed by atoms with Gasteiger partial charge < -0.3 is 9.47 Å². The number of rotatable bonds is 10. The second-order valence-electron chi connectivity index (χ2n) is 8.55. The lowest BCUT2D eigenvalue weighted by molar-refractivity contribution is 0.00945. The van der Waals surface area contributed by atoms with E-state index >= 15 is 0 Å². The summed E-state index contributed by atoms with van der Waals surface area (Å²) in [6, 6.07) is 2.59. The molecule has 2 aliphatic carbocycles. The highest BCUT2D eigenvalue weighted by Gasteiger charge is 2.38. The summed E-state index contributed by atoms with van der Waals surface area (Å²) in [6.45, 7) is 4.10. The van der Waals surface area contributed by atoms with Crippen molar-refractivity contribution in [2.45, 2.75) is 84.0 Å². The second-order valence-corrected chi connectivity index (χ2v) is 8.55. The summed E-state index contributed by atoms with van der Waals surface area (Å²) >= 11 is 0. The molecule has 0 spiro atoms. The Bertz CT molecular complexity index is 387. The van der Waals surface area contributed by atoms with Gasteiger partial charge >= 0.3 is 0 Å². The molecule has 0 N–H and O–H groups in total. The van der Waals surface area contributed by atoms with E-state index < -0.39 is 0 Å². The highest BCUT2D eigenvalue weighted by atomic mass is 16.5. The molecule has 144 valence electrons. The molecule has 2 fully saturated rings. The molecule has 0 heterocycles. The van der Waals surface area contributed by atoms with Gasteiger partial charge in [0.05, 0.1) is 31.3 Å². The third kappa shape index (κ3) is 6.57. The standard InChI is InChI=1S/C22H39NO2/c1-3-4-5-6-19-7-9-20(10-8-19)21-11-13-22(17-23,14-12-21)18-25-16-15-24-2/h19-21H,3-16,18H2,1-2H3/t19?,20?,21-,22-. The van der Waals surface area contributed by atoms with E-state index in [0.29, 0.717) is 19.8 Å². The normalized spacial score (nSPS) is 33.1. The van der Waals surface area contributed by atoms with Gasteiger partial charge in [0.1, 0.15) is 0 Å². The van der Waals surface area contributed by atoms with Crippen LogP contribution in [0.15, 0.2) is 0 Å². The minimum atomic E-state index is -0.235. The fourth-order valence-electron chi connectivity index (χ4n) is 4.99. The Kier molecular flexibility index (Phi) is 9.28. The van der Waals surface area contributed by atoms with Gasteiger partial charge in [0, 0.05) is 7.11 Å². The highest BCUT2D eigenvalue weighted by Crippen LogP contribution is 2.46. The fourth-order valence-corrected chi connectivity index (χ4v) is 4.99. The van der Waals surface area contributed by atoms with E-state index in [1.807, 2.05) is 0 Å². The Balaban J connectivity index is 1.68. The summed E-state index contributed by atoms with van der Waals surface area (Å²) in [4.78, 5) is 0. The smallest absolute Gasteiger partial charge is 0.0807 e. The molecule has 0 aliphatic heterocycles. The largest absolute Gasteiger partial charge is 0.382 e. The van der Waals surface area contributed by atoms with Gasteiger partial charge in [-0.15, -0.1) is 0 Å². The Morgan fingerprint density at radius 3 is 2.24 bits per heavy atom. The third-order valence-electron chi connectivity index (χ3n) is 6.81. The summed E-state index contributed by atoms with van der Waals surface area (Å²) in [5.41, 5.74) is -0.235. The Morgan fingerprint density at radius 1 is 0.960 bits per heavy atom. The van der Waals surface area contributed by atoms with Crippen LogP contribution in [0.5, 0.6) is 0 Å². The lowest BCUT2D eigenvalue weighted by atomic mass is 9.65. The molecular weight excluding hydrogens is 310 g/mol. The molecule has 2 rings (SSSR count). The molecule has 3 nitrogen and oxygen atoms in total. The van der Waals surface area contributed by atoms with Crippen LogP contribution in [0.25, 0.3) is 0 Å². The maximum Gasteiger partial charge on any atom is 0.0807 e. The van der Waals surface area contributed by atoms with Crippen molar-refractivity contribution < 1.29 is 9.47 Å². The first-order chi connectivity index (χ1) is 12.2. The molecule has 0 saturated heterocycles. The van der Waals surface area contributed by atoms with Gasteiger partial charge in [-0.3, -0.25) is 0 Å². The Morgan fingerprint density at radius 2 is 1.64 bits per heavy atom. The zero-order valence-corrected chi connectivity index (χ0v) is 16.6. The molecule has 0 aromatic carbocycles. The van der Waals surface area contributed by atoms with Gasteiger partial charge in [0.15, 0.2) is 0 Å². The van der Waals surface area contributed by atoms with E-state index in [0.717, 1.165) is 30.6 Å². The maximum absolute atomic E-state index is 9.67. The zero-order chi connectivity index (χ0) is 18.0. The summed E-state index contributed by atoms with van der Waals surface area (Å²) in [6.07, 6.45) is 15.9. The van der Waals surface area contributed by atoms with Gasteiger partial charge in [-0.05, 0) is 56.3 Å². The Hall–Kier alpha value is -0.590. The van der Waals surface area contributed by atoms with Crippen LogP contribution in [0.3, 0.4) is 0 Å². The summed E-state index contributed by atoms with van der Waals surface area (Å²) < 4.78 is 10.7. The molecule has 3 heteroatoms. The molecule has 0 aromatic rings. The predicted molar refractivity (Wildman–Crippen MR) is 102 cm³/mol. The third-order valence-corrected chi connectivity index (χ3v) is 6.81. The van der Waals surface area contributed by atoms with Gasteiger partial charge in [-0.25, -0.2) is 0 Å². The minimum absolute atomic E-state index is 0.235. The van der Waals surface area contributed by atoms with Crippen molar-refractivity contribution in [3.63, 3.8) is 0 Å². The topological polar surface area (TPSA) is 42.2 Å². The van der Waals surface area contributed by atoms with Gasteiger partial charge in [-0.2, -0.15) is 5.26 Å². The molecule has 2 saturated carbocycles. The molecule has 25 heavy (non-hydrogen) atoms. The van der Waals surface area contributed by atoms with Crippen molar-refractivity contribution >= 4 is 0 Å². The van der Waals surface area contributed by atoms with Gasteiger partial charge in [-0.1, -0.05) is 45.4 Å². The quantitative estimate of drug-likeness (QED) is 0.472. The first kappa shape index (κ1) is 20.7. The van der Waals surface area contributed by atoms with E-state index in [1.165, 1.54) is 64.2 Å². The van der Waals surface area contributed by atoms with Crippen LogP contribution in [0.2, 0.25) is 0 Å². The maximum atomic E-state index is 9.67. The van der Waals surface area contributed by atoms with Crippen LogP contribution < -0.4 is 0 Å². The monoisotopic (exact) mass is 349 g/mol. The predicted octanol–water partition coefficient (Wildman–Crippen LogP) is 5.74. The highest BCUT2D eigenvalue weighted by molar-refractivity contribution is 5.02. The number of nitriles is 1. The average Bonchev–Trinajstić information content (AvgIpc) is 2.67. The SMILES string of the molecule is CCCCCC1CCC([C@H]2CC[C@](C#N)(COCCOC)CC2)CC1. The lowest BCUT2D eigenvalue weighted by Gasteiger charge is -2.40. The number of methoxy groups -OCH3 is 1. The molecule has 2 aliphatic rings. The number of hydrogen-bond donors (Lipinski definition) is 0. The van der Waals surface area contributed by atoms with Crippen LogP contribution in [-0.2, 0) is 9.47 Å². The first-order valence-electron chi connectivity index (χ1n) is 10.7. The number of ether oxygens (including phenoxy) is 2. The van der Waals surface area contributed by atoms with Gasteiger partial charge in [0.25, 0.3) is 0 Å². The van der Waals surface area contributed by atoms with E-state index in [9.17, 15) is 5.26 Å². The van der Waals surface area contributed by atoms with E-state index in [2.05, 4.69) is 13.0 Å². The number of unbranched alkanes of at least 4 members (excludes halogenated alkanes) is 2. The van der Waals surface area contributed by atoms with Crippen molar-refractivity contribution in [1.82, 2.24) is 0 Å². The van der Waals surface area contributed by atoms with Crippen LogP contribution in [0.4, 0.5) is 0 Å². The number of hydrogen-bond acceptors (Lipinski definition) is 3. The van der Waals surface area contributed by atoms with Crippen LogP contribution in [0.1, 0.15) is 84.0 Å². The van der Waals surface area contributed by atoms with E-state index in [4.69, 9.17) is 9.47 Å². The number of nitrogens with zero attached hydrogens (tertiary/aromatic N) is 1. The van der Waals surface area contributed by atoms with Crippen LogP contribution >= 0.6 is 0 Å². The summed E-state index contributed by atoms with van der Waals surface area (Å²) in [5, 5.41) is 9.67. The zero-order valence-electron chi connectivity index (χ0n) is 16.6. The molecular formula is C22H39NO2.